The van der Waals surface area contributed by atoms with E-state index in [2.05, 4.69) is 37.1 Å². The van der Waals surface area contributed by atoms with Gasteiger partial charge < -0.3 is 15.0 Å². The van der Waals surface area contributed by atoms with Gasteiger partial charge in [-0.2, -0.15) is 4.98 Å². The Morgan fingerprint density at radius 2 is 1.91 bits per heavy atom. The van der Waals surface area contributed by atoms with Gasteiger partial charge in [-0.3, -0.25) is 0 Å². The Kier molecular flexibility index (Phi) is 4.43. The molecule has 1 aliphatic heterocycles. The summed E-state index contributed by atoms with van der Waals surface area (Å²) in [7, 11) is 0. The predicted octanol–water partition coefficient (Wildman–Crippen LogP) is 3.07. The average molecular weight is 300 g/mol. The Morgan fingerprint density at radius 1 is 1.18 bits per heavy atom. The van der Waals surface area contributed by atoms with E-state index in [9.17, 15) is 0 Å². The zero-order chi connectivity index (χ0) is 15.5. The maximum atomic E-state index is 5.81. The topological polar surface area (TPSA) is 50.3 Å². The number of rotatable bonds is 4. The molecule has 118 valence electrons. The third kappa shape index (κ3) is 3.14. The van der Waals surface area contributed by atoms with Crippen LogP contribution in [0, 0.1) is 0 Å². The molecule has 2 heterocycles. The zero-order valence-electron chi connectivity index (χ0n) is 13.5. The average Bonchev–Trinajstić information content (AvgIpc) is 2.51. The summed E-state index contributed by atoms with van der Waals surface area (Å²) in [5, 5.41) is 4.51. The molecule has 1 N–H and O–H groups in total. The highest BCUT2D eigenvalue weighted by molar-refractivity contribution is 5.90. The highest BCUT2D eigenvalue weighted by Gasteiger charge is 2.24. The molecule has 2 atom stereocenters. The molecular weight excluding hydrogens is 276 g/mol. The van der Waals surface area contributed by atoms with E-state index >= 15 is 0 Å². The number of morpholine rings is 1. The van der Waals surface area contributed by atoms with Crippen molar-refractivity contribution in [2.24, 2.45) is 0 Å². The van der Waals surface area contributed by atoms with Crippen molar-refractivity contribution in [1.82, 2.24) is 9.97 Å². The fourth-order valence-electron chi connectivity index (χ4n) is 2.93. The van der Waals surface area contributed by atoms with Crippen molar-refractivity contribution < 1.29 is 4.74 Å². The van der Waals surface area contributed by atoms with Crippen LogP contribution in [-0.4, -0.2) is 41.8 Å². The molecule has 2 unspecified atom stereocenters. The number of para-hydroxylation sites is 1. The van der Waals surface area contributed by atoms with Crippen LogP contribution in [0.25, 0.3) is 10.9 Å². The number of aromatic nitrogens is 2. The van der Waals surface area contributed by atoms with Crippen molar-refractivity contribution in [2.75, 3.05) is 29.9 Å². The molecule has 1 saturated heterocycles. The van der Waals surface area contributed by atoms with E-state index in [-0.39, 0.29) is 12.2 Å². The Labute approximate surface area is 131 Å². The van der Waals surface area contributed by atoms with Crippen molar-refractivity contribution in [3.8, 4) is 0 Å². The van der Waals surface area contributed by atoms with E-state index in [4.69, 9.17) is 14.7 Å². The van der Waals surface area contributed by atoms with E-state index in [1.54, 1.807) is 0 Å². The fraction of sp³-hybridized carbons (Fsp3) is 0.529. The van der Waals surface area contributed by atoms with Gasteiger partial charge in [0.1, 0.15) is 5.82 Å². The summed E-state index contributed by atoms with van der Waals surface area (Å²) < 4.78 is 5.81. The van der Waals surface area contributed by atoms with Crippen LogP contribution in [-0.2, 0) is 4.74 Å². The number of hydrogen-bond acceptors (Lipinski definition) is 5. The van der Waals surface area contributed by atoms with Gasteiger partial charge in [-0.15, -0.1) is 0 Å². The zero-order valence-corrected chi connectivity index (χ0v) is 13.5. The number of nitrogens with one attached hydrogen (secondary N) is 1. The summed E-state index contributed by atoms with van der Waals surface area (Å²) in [5.74, 6) is 1.72. The van der Waals surface area contributed by atoms with Crippen LogP contribution in [0.4, 0.5) is 11.8 Å². The Morgan fingerprint density at radius 3 is 2.64 bits per heavy atom. The molecular formula is C17H24N4O. The lowest BCUT2D eigenvalue weighted by Gasteiger charge is -2.35. The molecule has 0 amide bonds. The predicted molar refractivity (Wildman–Crippen MR) is 90.5 cm³/mol. The minimum Gasteiger partial charge on any atom is -0.372 e. The van der Waals surface area contributed by atoms with E-state index < -0.39 is 0 Å². The molecule has 0 spiro atoms. The van der Waals surface area contributed by atoms with Crippen molar-refractivity contribution in [3.63, 3.8) is 0 Å². The maximum Gasteiger partial charge on any atom is 0.228 e. The van der Waals surface area contributed by atoms with Gasteiger partial charge in [0.2, 0.25) is 5.95 Å². The molecule has 0 saturated carbocycles. The molecule has 1 aromatic carbocycles. The number of fused-ring (bicyclic) bond motifs is 1. The van der Waals surface area contributed by atoms with Crippen LogP contribution in [0.3, 0.4) is 0 Å². The van der Waals surface area contributed by atoms with Crippen LogP contribution in [0.1, 0.15) is 27.2 Å². The number of anilines is 2. The summed E-state index contributed by atoms with van der Waals surface area (Å²) >= 11 is 0. The number of benzene rings is 1. The van der Waals surface area contributed by atoms with Crippen LogP contribution in [0.15, 0.2) is 24.3 Å². The first-order valence-electron chi connectivity index (χ1n) is 8.08. The third-order valence-electron chi connectivity index (χ3n) is 3.84. The standard InChI is InChI=1S/C17H24N4O/c1-4-9-18-16-14-7-5-6-8-15(14)19-17(20-16)21-10-12(2)22-13(3)11-21/h5-8,12-13H,4,9-11H2,1-3H3,(H,18,19,20). The third-order valence-corrected chi connectivity index (χ3v) is 3.84. The van der Waals surface area contributed by atoms with Crippen molar-refractivity contribution in [3.05, 3.63) is 24.3 Å². The molecule has 3 rings (SSSR count). The molecule has 0 aliphatic carbocycles. The van der Waals surface area contributed by atoms with Crippen LogP contribution in [0.2, 0.25) is 0 Å². The SMILES string of the molecule is CCCNc1nc(N2CC(C)OC(C)C2)nc2ccccc12. The Hall–Kier alpha value is -1.88. The first-order valence-corrected chi connectivity index (χ1v) is 8.08. The molecule has 0 bridgehead atoms. The molecule has 0 radical (unpaired) electrons. The van der Waals surface area contributed by atoms with E-state index in [0.29, 0.717) is 0 Å². The van der Waals surface area contributed by atoms with E-state index in [1.807, 2.05) is 18.2 Å². The minimum absolute atomic E-state index is 0.200. The summed E-state index contributed by atoms with van der Waals surface area (Å²) in [6.07, 6.45) is 1.47. The normalized spacial score (nSPS) is 22.0. The molecule has 1 fully saturated rings. The highest BCUT2D eigenvalue weighted by atomic mass is 16.5. The number of ether oxygens (including phenoxy) is 1. The highest BCUT2D eigenvalue weighted by Crippen LogP contribution is 2.25. The van der Waals surface area contributed by atoms with Crippen molar-refractivity contribution in [2.45, 2.75) is 39.4 Å². The fourth-order valence-corrected chi connectivity index (χ4v) is 2.93. The van der Waals surface area contributed by atoms with Gasteiger partial charge in [0.05, 0.1) is 17.7 Å². The number of hydrogen-bond donors (Lipinski definition) is 1. The monoisotopic (exact) mass is 300 g/mol. The maximum absolute atomic E-state index is 5.81. The molecule has 22 heavy (non-hydrogen) atoms. The van der Waals surface area contributed by atoms with Gasteiger partial charge in [-0.05, 0) is 32.4 Å². The van der Waals surface area contributed by atoms with E-state index in [1.165, 1.54) is 0 Å². The lowest BCUT2D eigenvalue weighted by atomic mass is 10.2. The lowest BCUT2D eigenvalue weighted by molar-refractivity contribution is -0.00569. The molecule has 5 heteroatoms. The largest absolute Gasteiger partial charge is 0.372 e. The Bertz CT molecular complexity index is 636. The van der Waals surface area contributed by atoms with Gasteiger partial charge in [0.25, 0.3) is 0 Å². The van der Waals surface area contributed by atoms with E-state index in [0.717, 1.165) is 48.7 Å². The smallest absolute Gasteiger partial charge is 0.228 e. The molecule has 2 aromatic rings. The van der Waals surface area contributed by atoms with Crippen LogP contribution < -0.4 is 10.2 Å². The van der Waals surface area contributed by atoms with Gasteiger partial charge >= 0.3 is 0 Å². The Balaban J connectivity index is 1.98. The minimum atomic E-state index is 0.200. The first-order chi connectivity index (χ1) is 10.7. The molecule has 5 nitrogen and oxygen atoms in total. The summed E-state index contributed by atoms with van der Waals surface area (Å²) in [5.41, 5.74) is 0.984. The second-order valence-electron chi connectivity index (χ2n) is 5.98. The number of nitrogens with zero attached hydrogens (tertiary/aromatic N) is 3. The van der Waals surface area contributed by atoms with Crippen molar-refractivity contribution >= 4 is 22.7 Å². The lowest BCUT2D eigenvalue weighted by Crippen LogP contribution is -2.46. The summed E-state index contributed by atoms with van der Waals surface area (Å²) in [4.78, 5) is 11.8. The molecule has 1 aliphatic rings. The first kappa shape index (κ1) is 15.0. The van der Waals surface area contributed by atoms with Gasteiger partial charge in [-0.1, -0.05) is 19.1 Å². The van der Waals surface area contributed by atoms with Crippen LogP contribution >= 0.6 is 0 Å². The van der Waals surface area contributed by atoms with Gasteiger partial charge in [-0.25, -0.2) is 4.98 Å². The summed E-state index contributed by atoms with van der Waals surface area (Å²) in [6, 6.07) is 8.17. The quantitative estimate of drug-likeness (QED) is 0.940. The summed E-state index contributed by atoms with van der Waals surface area (Å²) in [6.45, 7) is 8.92. The second kappa shape index (κ2) is 6.48. The van der Waals surface area contributed by atoms with Crippen LogP contribution in [0.5, 0.6) is 0 Å². The molecule has 1 aromatic heterocycles. The van der Waals surface area contributed by atoms with Gasteiger partial charge in [0.15, 0.2) is 0 Å². The second-order valence-corrected chi connectivity index (χ2v) is 5.98. The van der Waals surface area contributed by atoms with Gasteiger partial charge in [0, 0.05) is 25.0 Å². The van der Waals surface area contributed by atoms with Crippen molar-refractivity contribution in [1.29, 1.82) is 0 Å².